The molecule has 0 bridgehead atoms. The Morgan fingerprint density at radius 3 is 2.50 bits per heavy atom. The summed E-state index contributed by atoms with van der Waals surface area (Å²) in [6, 6.07) is 21.0. The van der Waals surface area contributed by atoms with Crippen LogP contribution in [0.5, 0.6) is 0 Å². The minimum absolute atomic E-state index is 0.0612. The predicted octanol–water partition coefficient (Wildman–Crippen LogP) is 6.68. The van der Waals surface area contributed by atoms with Crippen LogP contribution in [-0.4, -0.2) is 45.5 Å². The molecule has 2 fully saturated rings. The maximum Gasteiger partial charge on any atom is 0.326 e. The summed E-state index contributed by atoms with van der Waals surface area (Å²) in [4.78, 5) is 20.7. The molecule has 1 aromatic heterocycles. The summed E-state index contributed by atoms with van der Waals surface area (Å²) >= 11 is 12.6. The zero-order valence-electron chi connectivity index (χ0n) is 21.1. The van der Waals surface area contributed by atoms with Crippen molar-refractivity contribution in [3.05, 3.63) is 104 Å². The van der Waals surface area contributed by atoms with E-state index in [1.807, 2.05) is 53.1 Å². The van der Waals surface area contributed by atoms with Crippen LogP contribution >= 0.6 is 23.2 Å². The SMILES string of the molecule is O=c1[nH]c2cc(Cl)ccc2n1C1CCN(CC2CC(c3ccc(F)cc3)N(Cc3ccccc3Cl)C2)CC1. The molecule has 0 radical (unpaired) electrons. The number of rotatable bonds is 6. The van der Waals surface area contributed by atoms with Crippen LogP contribution in [0.1, 0.15) is 42.5 Å². The second-order valence-corrected chi connectivity index (χ2v) is 11.5. The van der Waals surface area contributed by atoms with Crippen LogP contribution in [0.15, 0.2) is 71.5 Å². The van der Waals surface area contributed by atoms with Crippen molar-refractivity contribution in [3.8, 4) is 0 Å². The van der Waals surface area contributed by atoms with Crippen molar-refractivity contribution in [3.63, 3.8) is 0 Å². The standard InChI is InChI=1S/C30H31Cl2FN4O/c31-23-7-10-28-27(16-23)34-30(38)37(28)25-11-13-35(14-12-25)17-20-15-29(21-5-8-24(33)9-6-21)36(18-20)19-22-3-1-2-4-26(22)32/h1-10,16,20,25,29H,11-15,17-19H2,(H,34,38). The molecule has 2 aliphatic rings. The fourth-order valence-corrected chi connectivity index (χ4v) is 6.74. The van der Waals surface area contributed by atoms with E-state index in [0.717, 1.165) is 79.2 Å². The second-order valence-electron chi connectivity index (χ2n) is 10.7. The Bertz CT molecular complexity index is 1480. The van der Waals surface area contributed by atoms with Gasteiger partial charge in [-0.15, -0.1) is 0 Å². The molecule has 5 nitrogen and oxygen atoms in total. The maximum absolute atomic E-state index is 13.7. The lowest BCUT2D eigenvalue weighted by Gasteiger charge is -2.34. The van der Waals surface area contributed by atoms with Gasteiger partial charge in [-0.3, -0.25) is 9.47 Å². The van der Waals surface area contributed by atoms with Gasteiger partial charge in [-0.1, -0.05) is 53.5 Å². The molecule has 1 N–H and O–H groups in total. The highest BCUT2D eigenvalue weighted by molar-refractivity contribution is 6.31. The van der Waals surface area contributed by atoms with Crippen molar-refractivity contribution < 1.29 is 4.39 Å². The highest BCUT2D eigenvalue weighted by atomic mass is 35.5. The van der Waals surface area contributed by atoms with Gasteiger partial charge in [0.15, 0.2) is 0 Å². The Balaban J connectivity index is 1.13. The number of fused-ring (bicyclic) bond motifs is 1. The number of hydrogen-bond acceptors (Lipinski definition) is 3. The van der Waals surface area contributed by atoms with Gasteiger partial charge in [0.2, 0.25) is 0 Å². The zero-order chi connectivity index (χ0) is 26.2. The van der Waals surface area contributed by atoms with Crippen molar-refractivity contribution >= 4 is 34.2 Å². The molecule has 0 amide bonds. The van der Waals surface area contributed by atoms with Crippen LogP contribution < -0.4 is 5.69 Å². The molecule has 2 atom stereocenters. The molecule has 0 spiro atoms. The number of hydrogen-bond donors (Lipinski definition) is 1. The van der Waals surface area contributed by atoms with Gasteiger partial charge in [0, 0.05) is 54.9 Å². The third-order valence-electron chi connectivity index (χ3n) is 8.19. The maximum atomic E-state index is 13.7. The van der Waals surface area contributed by atoms with Gasteiger partial charge < -0.3 is 9.88 Å². The number of aromatic nitrogens is 2. The van der Waals surface area contributed by atoms with Gasteiger partial charge in [-0.25, -0.2) is 9.18 Å². The number of aromatic amines is 1. The minimum atomic E-state index is -0.207. The molecule has 2 unspecified atom stereocenters. The van der Waals surface area contributed by atoms with Crippen molar-refractivity contribution in [2.75, 3.05) is 26.2 Å². The monoisotopic (exact) mass is 552 g/mol. The molecule has 2 saturated heterocycles. The van der Waals surface area contributed by atoms with Crippen molar-refractivity contribution in [2.45, 2.75) is 37.9 Å². The molecule has 8 heteroatoms. The summed E-state index contributed by atoms with van der Waals surface area (Å²) in [7, 11) is 0. The smallest absolute Gasteiger partial charge is 0.305 e. The number of piperidine rings is 1. The second kappa shape index (κ2) is 10.9. The van der Waals surface area contributed by atoms with Crippen molar-refractivity contribution in [2.24, 2.45) is 5.92 Å². The van der Waals surface area contributed by atoms with Crippen molar-refractivity contribution in [1.82, 2.24) is 19.4 Å². The fourth-order valence-electron chi connectivity index (χ4n) is 6.37. The van der Waals surface area contributed by atoms with E-state index in [1.165, 1.54) is 0 Å². The normalized spacial score (nSPS) is 21.4. The van der Waals surface area contributed by atoms with Crippen LogP contribution in [0.25, 0.3) is 11.0 Å². The number of halogens is 3. The average molecular weight is 554 g/mol. The van der Waals surface area contributed by atoms with E-state index in [4.69, 9.17) is 23.2 Å². The lowest BCUT2D eigenvalue weighted by atomic mass is 9.97. The number of H-pyrrole nitrogens is 1. The Hall–Kier alpha value is -2.64. The Morgan fingerprint density at radius 1 is 0.974 bits per heavy atom. The Labute approximate surface area is 231 Å². The first-order valence-corrected chi connectivity index (χ1v) is 14.1. The summed E-state index contributed by atoms with van der Waals surface area (Å²) in [5, 5.41) is 1.41. The molecule has 6 rings (SSSR count). The van der Waals surface area contributed by atoms with Gasteiger partial charge in [-0.2, -0.15) is 0 Å². The minimum Gasteiger partial charge on any atom is -0.305 e. The van der Waals surface area contributed by atoms with Crippen LogP contribution in [-0.2, 0) is 6.54 Å². The van der Waals surface area contributed by atoms with E-state index in [2.05, 4.69) is 20.9 Å². The van der Waals surface area contributed by atoms with Crippen LogP contribution in [0.2, 0.25) is 10.0 Å². The molecule has 2 aliphatic heterocycles. The third kappa shape index (κ3) is 5.28. The Morgan fingerprint density at radius 2 is 1.74 bits per heavy atom. The largest absolute Gasteiger partial charge is 0.326 e. The summed E-state index contributed by atoms with van der Waals surface area (Å²) < 4.78 is 15.6. The van der Waals surface area contributed by atoms with Gasteiger partial charge in [0.25, 0.3) is 0 Å². The molecular weight excluding hydrogens is 522 g/mol. The first-order chi connectivity index (χ1) is 18.4. The van der Waals surface area contributed by atoms with Gasteiger partial charge in [0.05, 0.1) is 11.0 Å². The highest BCUT2D eigenvalue weighted by Crippen LogP contribution is 2.38. The van der Waals surface area contributed by atoms with E-state index >= 15 is 0 Å². The van der Waals surface area contributed by atoms with Gasteiger partial charge in [-0.05, 0) is 72.7 Å². The van der Waals surface area contributed by atoms with E-state index in [1.54, 1.807) is 12.1 Å². The van der Waals surface area contributed by atoms with Crippen molar-refractivity contribution in [1.29, 1.82) is 0 Å². The number of nitrogens with zero attached hydrogens (tertiary/aromatic N) is 3. The number of benzene rings is 3. The first kappa shape index (κ1) is 25.6. The molecule has 3 heterocycles. The number of nitrogens with one attached hydrogen (secondary N) is 1. The number of imidazole rings is 1. The number of likely N-dealkylation sites (tertiary alicyclic amines) is 2. The molecule has 0 aliphatic carbocycles. The molecule has 0 saturated carbocycles. The van der Waals surface area contributed by atoms with Gasteiger partial charge >= 0.3 is 5.69 Å². The summed E-state index contributed by atoms with van der Waals surface area (Å²) in [6.07, 6.45) is 2.90. The fraction of sp³-hybridized carbons (Fsp3) is 0.367. The molecule has 3 aromatic carbocycles. The van der Waals surface area contributed by atoms with Crippen LogP contribution in [0, 0.1) is 11.7 Å². The van der Waals surface area contributed by atoms with E-state index < -0.39 is 0 Å². The first-order valence-electron chi connectivity index (χ1n) is 13.3. The topological polar surface area (TPSA) is 44.3 Å². The third-order valence-corrected chi connectivity index (χ3v) is 8.80. The highest BCUT2D eigenvalue weighted by Gasteiger charge is 2.35. The lowest BCUT2D eigenvalue weighted by Crippen LogP contribution is -2.39. The van der Waals surface area contributed by atoms with Crippen LogP contribution in [0.3, 0.4) is 0 Å². The Kier molecular flexibility index (Phi) is 7.32. The summed E-state index contributed by atoms with van der Waals surface area (Å²) in [5.41, 5.74) is 3.92. The summed E-state index contributed by atoms with van der Waals surface area (Å²) in [6.45, 7) is 4.67. The van der Waals surface area contributed by atoms with Gasteiger partial charge in [0.1, 0.15) is 5.82 Å². The molecule has 4 aromatic rings. The average Bonchev–Trinajstić information content (AvgIpc) is 3.45. The van der Waals surface area contributed by atoms with E-state index in [-0.39, 0.29) is 23.6 Å². The quantitative estimate of drug-likeness (QED) is 0.290. The van der Waals surface area contributed by atoms with E-state index in [0.29, 0.717) is 10.9 Å². The molecule has 38 heavy (non-hydrogen) atoms. The molecule has 198 valence electrons. The lowest BCUT2D eigenvalue weighted by molar-refractivity contribution is 0.161. The van der Waals surface area contributed by atoms with E-state index in [9.17, 15) is 9.18 Å². The summed E-state index contributed by atoms with van der Waals surface area (Å²) in [5.74, 6) is 0.295. The molecular formula is C30H31Cl2FN4O. The predicted molar refractivity (Wildman–Crippen MR) is 151 cm³/mol. The van der Waals surface area contributed by atoms with Crippen LogP contribution in [0.4, 0.5) is 4.39 Å². The zero-order valence-corrected chi connectivity index (χ0v) is 22.6.